The van der Waals surface area contributed by atoms with Crippen molar-refractivity contribution in [2.24, 2.45) is 0 Å². The van der Waals surface area contributed by atoms with Crippen molar-refractivity contribution in [2.75, 3.05) is 14.2 Å². The molecule has 7 heteroatoms. The Bertz CT molecular complexity index is 1230. The monoisotopic (exact) mass is 479 g/mol. The van der Waals surface area contributed by atoms with E-state index in [0.717, 1.165) is 27.6 Å². The number of nitrogens with zero attached hydrogens (tertiary/aromatic N) is 1. The van der Waals surface area contributed by atoms with Crippen molar-refractivity contribution in [3.8, 4) is 33.9 Å². The fourth-order valence-electron chi connectivity index (χ4n) is 3.30. The van der Waals surface area contributed by atoms with Crippen LogP contribution in [0.2, 0.25) is 15.1 Å². The number of rotatable bonds is 4. The molecule has 0 amide bonds. The maximum Gasteiger partial charge on any atom is 0.141 e. The lowest BCUT2D eigenvalue weighted by molar-refractivity contribution is 0.395. The molecule has 0 aliphatic carbocycles. The van der Waals surface area contributed by atoms with Gasteiger partial charge in [-0.2, -0.15) is 0 Å². The van der Waals surface area contributed by atoms with Crippen molar-refractivity contribution in [1.82, 2.24) is 4.98 Å². The minimum atomic E-state index is 0. The highest BCUT2D eigenvalue weighted by atomic mass is 35.5. The zero-order valence-corrected chi connectivity index (χ0v) is 19.2. The Morgan fingerprint density at radius 2 is 1.43 bits per heavy atom. The molecule has 0 radical (unpaired) electrons. The number of hydrogen-bond donors (Lipinski definition) is 0. The molecule has 0 spiro atoms. The van der Waals surface area contributed by atoms with Gasteiger partial charge in [0.1, 0.15) is 11.5 Å². The molecule has 0 atom stereocenters. The molecule has 0 aliphatic heterocycles. The predicted octanol–water partition coefficient (Wildman–Crippen LogP) is 7.97. The first kappa shape index (κ1) is 22.5. The molecule has 0 bridgehead atoms. The van der Waals surface area contributed by atoms with Gasteiger partial charge in [0.15, 0.2) is 0 Å². The van der Waals surface area contributed by atoms with E-state index in [4.69, 9.17) is 49.3 Å². The third kappa shape index (κ3) is 4.17. The molecule has 3 nitrogen and oxygen atoms in total. The van der Waals surface area contributed by atoms with Gasteiger partial charge in [-0.25, -0.2) is 4.98 Å². The van der Waals surface area contributed by atoms with Crippen LogP contribution in [0.3, 0.4) is 0 Å². The van der Waals surface area contributed by atoms with E-state index in [9.17, 15) is 0 Å². The second-order valence-corrected chi connectivity index (χ2v) is 7.63. The number of hydrogen-bond acceptors (Lipinski definition) is 3. The number of benzene rings is 3. The molecule has 1 heterocycles. The number of fused-ring (bicyclic) bond motifs is 1. The fraction of sp³-hybridized carbons (Fsp3) is 0.0870. The summed E-state index contributed by atoms with van der Waals surface area (Å²) in [7, 11) is 3.16. The Kier molecular flexibility index (Phi) is 6.99. The van der Waals surface area contributed by atoms with Crippen LogP contribution in [0.25, 0.3) is 33.3 Å². The van der Waals surface area contributed by atoms with Crippen LogP contribution in [-0.2, 0) is 0 Å². The summed E-state index contributed by atoms with van der Waals surface area (Å²) in [5, 5.41) is 2.66. The van der Waals surface area contributed by atoms with Crippen LogP contribution in [0.1, 0.15) is 0 Å². The molecule has 1 aromatic heterocycles. The zero-order chi connectivity index (χ0) is 20.5. The Morgan fingerprint density at radius 1 is 0.700 bits per heavy atom. The average molecular weight is 481 g/mol. The number of methoxy groups -OCH3 is 2. The molecule has 0 unspecified atom stereocenters. The van der Waals surface area contributed by atoms with Crippen LogP contribution in [0, 0.1) is 0 Å². The normalized spacial score (nSPS) is 10.6. The van der Waals surface area contributed by atoms with Crippen molar-refractivity contribution in [1.29, 1.82) is 0 Å². The van der Waals surface area contributed by atoms with Crippen LogP contribution in [-0.4, -0.2) is 19.2 Å². The van der Waals surface area contributed by atoms with E-state index in [1.54, 1.807) is 26.4 Å². The van der Waals surface area contributed by atoms with Gasteiger partial charge in [-0.3, -0.25) is 0 Å². The molecule has 30 heavy (non-hydrogen) atoms. The molecule has 0 N–H and O–H groups in total. The summed E-state index contributed by atoms with van der Waals surface area (Å²) < 4.78 is 10.9. The van der Waals surface area contributed by atoms with E-state index in [1.165, 1.54) is 0 Å². The largest absolute Gasteiger partial charge is 0.496 e. The summed E-state index contributed by atoms with van der Waals surface area (Å²) in [5.41, 5.74) is 4.06. The van der Waals surface area contributed by atoms with Crippen molar-refractivity contribution >= 4 is 58.1 Å². The van der Waals surface area contributed by atoms with Crippen molar-refractivity contribution < 1.29 is 9.47 Å². The minimum Gasteiger partial charge on any atom is -0.496 e. The predicted molar refractivity (Wildman–Crippen MR) is 128 cm³/mol. The highest BCUT2D eigenvalue weighted by Gasteiger charge is 2.17. The second-order valence-electron chi connectivity index (χ2n) is 6.38. The molecular weight excluding hydrogens is 464 g/mol. The van der Waals surface area contributed by atoms with E-state index >= 15 is 0 Å². The summed E-state index contributed by atoms with van der Waals surface area (Å²) in [6, 6.07) is 18.8. The SMILES string of the molecule is COc1cc(OC)c(-c2cc(-c3ccccc3Cl)c3cc(Cl)ccc3n2)cc1Cl.Cl. The van der Waals surface area contributed by atoms with E-state index in [2.05, 4.69) is 0 Å². The lowest BCUT2D eigenvalue weighted by Crippen LogP contribution is -1.95. The van der Waals surface area contributed by atoms with Crippen LogP contribution in [0.5, 0.6) is 11.5 Å². The van der Waals surface area contributed by atoms with Gasteiger partial charge in [-0.05, 0) is 42.0 Å². The van der Waals surface area contributed by atoms with Crippen molar-refractivity contribution in [3.05, 3.63) is 75.7 Å². The highest BCUT2D eigenvalue weighted by molar-refractivity contribution is 6.34. The molecule has 4 aromatic rings. The van der Waals surface area contributed by atoms with Gasteiger partial charge in [-0.15, -0.1) is 12.4 Å². The molecule has 0 saturated carbocycles. The van der Waals surface area contributed by atoms with Crippen LogP contribution in [0.4, 0.5) is 0 Å². The van der Waals surface area contributed by atoms with E-state index < -0.39 is 0 Å². The molecule has 3 aromatic carbocycles. The second kappa shape index (κ2) is 9.32. The molecule has 154 valence electrons. The lowest BCUT2D eigenvalue weighted by Gasteiger charge is -2.15. The topological polar surface area (TPSA) is 31.4 Å². The minimum absolute atomic E-state index is 0. The molecule has 0 fully saturated rings. The van der Waals surface area contributed by atoms with Gasteiger partial charge in [0.05, 0.1) is 30.5 Å². The van der Waals surface area contributed by atoms with Crippen molar-refractivity contribution in [2.45, 2.75) is 0 Å². The van der Waals surface area contributed by atoms with Gasteiger partial charge < -0.3 is 9.47 Å². The summed E-state index contributed by atoms with van der Waals surface area (Å²) >= 11 is 19.2. The zero-order valence-electron chi connectivity index (χ0n) is 16.1. The lowest BCUT2D eigenvalue weighted by atomic mass is 9.98. The third-order valence-corrected chi connectivity index (χ3v) is 5.54. The Balaban J connectivity index is 0.00000256. The summed E-state index contributed by atoms with van der Waals surface area (Å²) in [6.07, 6.45) is 0. The van der Waals surface area contributed by atoms with E-state index in [1.807, 2.05) is 48.5 Å². The van der Waals surface area contributed by atoms with Crippen molar-refractivity contribution in [3.63, 3.8) is 0 Å². The fourth-order valence-corrected chi connectivity index (χ4v) is 3.95. The smallest absolute Gasteiger partial charge is 0.141 e. The summed E-state index contributed by atoms with van der Waals surface area (Å²) in [6.45, 7) is 0. The molecule has 0 aliphatic rings. The van der Waals surface area contributed by atoms with Gasteiger partial charge >= 0.3 is 0 Å². The number of ether oxygens (including phenoxy) is 2. The van der Waals surface area contributed by atoms with Gasteiger partial charge in [-0.1, -0.05) is 53.0 Å². The number of aromatic nitrogens is 1. The average Bonchev–Trinajstić information content (AvgIpc) is 2.73. The van der Waals surface area contributed by atoms with Gasteiger partial charge in [0, 0.05) is 32.6 Å². The first-order valence-electron chi connectivity index (χ1n) is 8.79. The molecule has 0 saturated heterocycles. The maximum absolute atomic E-state index is 6.50. The first-order valence-corrected chi connectivity index (χ1v) is 9.92. The number of pyridine rings is 1. The van der Waals surface area contributed by atoms with Crippen LogP contribution in [0.15, 0.2) is 60.7 Å². The number of halogens is 4. The Hall–Kier alpha value is -2.17. The maximum atomic E-state index is 6.50. The van der Waals surface area contributed by atoms with Crippen LogP contribution < -0.4 is 9.47 Å². The molecule has 4 rings (SSSR count). The molecular formula is C23H17Cl4NO2. The van der Waals surface area contributed by atoms with Gasteiger partial charge in [0.25, 0.3) is 0 Å². The Morgan fingerprint density at radius 3 is 2.13 bits per heavy atom. The summed E-state index contributed by atoms with van der Waals surface area (Å²) in [5.74, 6) is 1.14. The summed E-state index contributed by atoms with van der Waals surface area (Å²) in [4.78, 5) is 4.83. The standard InChI is InChI=1S/C23H16Cl3NO2.ClH/c1-28-22-12-23(29-2)19(26)10-17(22)21-11-15(14-5-3-4-6-18(14)25)16-9-13(24)7-8-20(16)27-21;/h3-12H,1-2H3;1H. The van der Waals surface area contributed by atoms with Crippen LogP contribution >= 0.6 is 47.2 Å². The van der Waals surface area contributed by atoms with E-state index in [0.29, 0.717) is 32.3 Å². The highest BCUT2D eigenvalue weighted by Crippen LogP contribution is 2.41. The Labute approximate surface area is 195 Å². The third-order valence-electron chi connectivity index (χ3n) is 4.68. The quantitative estimate of drug-likeness (QED) is 0.296. The first-order chi connectivity index (χ1) is 14.0. The van der Waals surface area contributed by atoms with Gasteiger partial charge in [0.2, 0.25) is 0 Å². The van der Waals surface area contributed by atoms with E-state index in [-0.39, 0.29) is 12.4 Å².